The maximum atomic E-state index is 12.7. The molecule has 0 saturated carbocycles. The van der Waals surface area contributed by atoms with Gasteiger partial charge in [-0.1, -0.05) is 24.3 Å². The third kappa shape index (κ3) is 5.73. The predicted molar refractivity (Wildman–Crippen MR) is 119 cm³/mol. The standard InChI is InChI=1S/C24H34N2O3/c1-7-26-21-11-10-19(16(3)23(21)25)20(13-22(28)29-24(4,5)6)17-9-8-15(2)18(12-17)14-27/h8-12,20,26-27H,7,13-14,25H2,1-6H3. The number of nitrogens with two attached hydrogens (primary N) is 1. The van der Waals surface area contributed by atoms with Crippen LogP contribution in [0.2, 0.25) is 0 Å². The molecule has 0 bridgehead atoms. The normalized spacial score (nSPS) is 12.5. The van der Waals surface area contributed by atoms with Crippen LogP contribution in [-0.2, 0) is 16.1 Å². The summed E-state index contributed by atoms with van der Waals surface area (Å²) >= 11 is 0. The summed E-state index contributed by atoms with van der Waals surface area (Å²) in [7, 11) is 0. The molecule has 158 valence electrons. The van der Waals surface area contributed by atoms with E-state index in [0.717, 1.165) is 40.0 Å². The van der Waals surface area contributed by atoms with Crippen LogP contribution in [-0.4, -0.2) is 23.2 Å². The molecule has 4 N–H and O–H groups in total. The van der Waals surface area contributed by atoms with Crippen molar-refractivity contribution in [3.8, 4) is 0 Å². The Morgan fingerprint density at radius 1 is 1.21 bits per heavy atom. The Morgan fingerprint density at radius 2 is 1.90 bits per heavy atom. The molecule has 29 heavy (non-hydrogen) atoms. The molecule has 2 aromatic carbocycles. The van der Waals surface area contributed by atoms with Crippen LogP contribution >= 0.6 is 0 Å². The summed E-state index contributed by atoms with van der Waals surface area (Å²) in [6.45, 7) is 12.3. The number of ether oxygens (including phenoxy) is 1. The third-order valence-electron chi connectivity index (χ3n) is 5.04. The Labute approximate surface area is 174 Å². The second-order valence-corrected chi connectivity index (χ2v) is 8.46. The first-order chi connectivity index (χ1) is 13.6. The van der Waals surface area contributed by atoms with Crippen LogP contribution in [0.4, 0.5) is 11.4 Å². The van der Waals surface area contributed by atoms with Gasteiger partial charge in [-0.2, -0.15) is 0 Å². The first-order valence-electron chi connectivity index (χ1n) is 10.1. The second kappa shape index (κ2) is 9.31. The molecular formula is C24H34N2O3. The number of nitrogens with one attached hydrogen (secondary N) is 1. The van der Waals surface area contributed by atoms with Gasteiger partial charge in [0.2, 0.25) is 0 Å². The van der Waals surface area contributed by atoms with Gasteiger partial charge in [0.25, 0.3) is 0 Å². The summed E-state index contributed by atoms with van der Waals surface area (Å²) in [4.78, 5) is 12.7. The highest BCUT2D eigenvalue weighted by atomic mass is 16.6. The summed E-state index contributed by atoms with van der Waals surface area (Å²) in [5.74, 6) is -0.476. The zero-order chi connectivity index (χ0) is 21.8. The number of aryl methyl sites for hydroxylation is 1. The maximum Gasteiger partial charge on any atom is 0.307 e. The lowest BCUT2D eigenvalue weighted by atomic mass is 9.84. The summed E-state index contributed by atoms with van der Waals surface area (Å²) < 4.78 is 5.59. The molecule has 1 unspecified atom stereocenters. The fourth-order valence-corrected chi connectivity index (χ4v) is 3.50. The summed E-state index contributed by atoms with van der Waals surface area (Å²) in [5, 5.41) is 13.0. The average Bonchev–Trinajstić information content (AvgIpc) is 2.63. The Hall–Kier alpha value is -2.53. The zero-order valence-corrected chi connectivity index (χ0v) is 18.4. The zero-order valence-electron chi connectivity index (χ0n) is 18.4. The highest BCUT2D eigenvalue weighted by molar-refractivity contribution is 5.75. The summed E-state index contributed by atoms with van der Waals surface area (Å²) in [6, 6.07) is 9.95. The van der Waals surface area contributed by atoms with Crippen molar-refractivity contribution in [3.63, 3.8) is 0 Å². The lowest BCUT2D eigenvalue weighted by Crippen LogP contribution is -2.25. The van der Waals surface area contributed by atoms with Gasteiger partial charge in [0, 0.05) is 12.5 Å². The van der Waals surface area contributed by atoms with Crippen molar-refractivity contribution in [2.75, 3.05) is 17.6 Å². The highest BCUT2D eigenvalue weighted by Crippen LogP contribution is 2.36. The first-order valence-corrected chi connectivity index (χ1v) is 10.1. The number of benzene rings is 2. The van der Waals surface area contributed by atoms with Crippen LogP contribution in [0.15, 0.2) is 30.3 Å². The molecule has 0 aliphatic heterocycles. The van der Waals surface area contributed by atoms with E-state index in [0.29, 0.717) is 5.69 Å². The van der Waals surface area contributed by atoms with Crippen LogP contribution in [0.3, 0.4) is 0 Å². The molecule has 0 spiro atoms. The van der Waals surface area contributed by atoms with Gasteiger partial charge < -0.3 is 20.9 Å². The van der Waals surface area contributed by atoms with Crippen LogP contribution in [0.25, 0.3) is 0 Å². The summed E-state index contributed by atoms with van der Waals surface area (Å²) in [5.41, 5.74) is 12.2. The van der Waals surface area contributed by atoms with E-state index in [1.807, 2.05) is 71.9 Å². The Kier molecular flexibility index (Phi) is 7.31. The monoisotopic (exact) mass is 398 g/mol. The van der Waals surface area contributed by atoms with Gasteiger partial charge in [0.15, 0.2) is 0 Å². The number of hydrogen-bond acceptors (Lipinski definition) is 5. The average molecular weight is 399 g/mol. The van der Waals surface area contributed by atoms with Crippen LogP contribution in [0.1, 0.15) is 67.9 Å². The van der Waals surface area contributed by atoms with E-state index in [2.05, 4.69) is 5.32 Å². The lowest BCUT2D eigenvalue weighted by Gasteiger charge is -2.25. The van der Waals surface area contributed by atoms with Gasteiger partial charge in [-0.25, -0.2) is 0 Å². The molecule has 0 aromatic heterocycles. The van der Waals surface area contributed by atoms with E-state index in [1.165, 1.54) is 0 Å². The molecule has 2 rings (SSSR count). The van der Waals surface area contributed by atoms with Crippen molar-refractivity contribution in [1.82, 2.24) is 0 Å². The Morgan fingerprint density at radius 3 is 2.48 bits per heavy atom. The number of anilines is 2. The molecule has 0 radical (unpaired) electrons. The van der Waals surface area contributed by atoms with Crippen molar-refractivity contribution in [2.24, 2.45) is 0 Å². The number of nitrogen functional groups attached to an aromatic ring is 1. The second-order valence-electron chi connectivity index (χ2n) is 8.46. The molecule has 1 atom stereocenters. The van der Waals surface area contributed by atoms with Crippen molar-refractivity contribution >= 4 is 17.3 Å². The lowest BCUT2D eigenvalue weighted by molar-refractivity contribution is -0.155. The van der Waals surface area contributed by atoms with Gasteiger partial charge in [-0.05, 0) is 75.4 Å². The van der Waals surface area contributed by atoms with Gasteiger partial charge >= 0.3 is 5.97 Å². The molecule has 0 fully saturated rings. The molecule has 0 aliphatic rings. The van der Waals surface area contributed by atoms with Crippen molar-refractivity contribution in [3.05, 3.63) is 58.1 Å². The molecule has 5 nitrogen and oxygen atoms in total. The van der Waals surface area contributed by atoms with Crippen LogP contribution in [0, 0.1) is 13.8 Å². The smallest absolute Gasteiger partial charge is 0.307 e. The molecule has 0 heterocycles. The number of aliphatic hydroxyl groups excluding tert-OH is 1. The molecule has 0 saturated heterocycles. The van der Waals surface area contributed by atoms with E-state index >= 15 is 0 Å². The van der Waals surface area contributed by atoms with E-state index in [9.17, 15) is 9.90 Å². The molecule has 2 aromatic rings. The number of carbonyl (C=O) groups is 1. The number of rotatable bonds is 7. The van der Waals surface area contributed by atoms with E-state index < -0.39 is 5.60 Å². The number of aliphatic hydroxyl groups is 1. The fraction of sp³-hybridized carbons (Fsp3) is 0.458. The Bertz CT molecular complexity index is 869. The Balaban J connectivity index is 2.53. The van der Waals surface area contributed by atoms with Crippen LogP contribution < -0.4 is 11.1 Å². The van der Waals surface area contributed by atoms with E-state index in [-0.39, 0.29) is 24.9 Å². The van der Waals surface area contributed by atoms with Crippen LogP contribution in [0.5, 0.6) is 0 Å². The third-order valence-corrected chi connectivity index (χ3v) is 5.04. The molecule has 0 aliphatic carbocycles. The number of carbonyl (C=O) groups excluding carboxylic acids is 1. The molecular weight excluding hydrogens is 364 g/mol. The largest absolute Gasteiger partial charge is 0.460 e. The minimum absolute atomic E-state index is 0.0424. The quantitative estimate of drug-likeness (QED) is 0.466. The molecule has 0 amide bonds. The van der Waals surface area contributed by atoms with E-state index in [4.69, 9.17) is 10.5 Å². The van der Waals surface area contributed by atoms with Gasteiger partial charge in [0.05, 0.1) is 24.4 Å². The predicted octanol–water partition coefficient (Wildman–Crippen LogP) is 4.67. The van der Waals surface area contributed by atoms with Crippen molar-refractivity contribution in [2.45, 2.75) is 66.1 Å². The SMILES string of the molecule is CCNc1ccc(C(CC(=O)OC(C)(C)C)c2ccc(C)c(CO)c2)c(C)c1N. The van der Waals surface area contributed by atoms with Gasteiger partial charge in [-0.15, -0.1) is 0 Å². The minimum atomic E-state index is -0.547. The van der Waals surface area contributed by atoms with Crippen molar-refractivity contribution in [1.29, 1.82) is 0 Å². The first kappa shape index (κ1) is 22.8. The topological polar surface area (TPSA) is 84.6 Å². The van der Waals surface area contributed by atoms with Gasteiger partial charge in [-0.3, -0.25) is 4.79 Å². The molecule has 5 heteroatoms. The number of hydrogen-bond donors (Lipinski definition) is 3. The van der Waals surface area contributed by atoms with E-state index in [1.54, 1.807) is 0 Å². The highest BCUT2D eigenvalue weighted by Gasteiger charge is 2.25. The van der Waals surface area contributed by atoms with Crippen molar-refractivity contribution < 1.29 is 14.6 Å². The summed E-state index contributed by atoms with van der Waals surface area (Å²) in [6.07, 6.45) is 0.200. The fourth-order valence-electron chi connectivity index (χ4n) is 3.50. The minimum Gasteiger partial charge on any atom is -0.460 e. The maximum absolute atomic E-state index is 12.7. The number of esters is 1. The van der Waals surface area contributed by atoms with Gasteiger partial charge in [0.1, 0.15) is 5.60 Å².